The zero-order valence-electron chi connectivity index (χ0n) is 11.6. The minimum absolute atomic E-state index is 0.658. The Bertz CT molecular complexity index is 577. The van der Waals surface area contributed by atoms with Gasteiger partial charge in [-0.15, -0.1) is 11.3 Å². The number of rotatable bonds is 7. The molecule has 0 fully saturated rings. The summed E-state index contributed by atoms with van der Waals surface area (Å²) in [7, 11) is 0. The number of ether oxygens (including phenoxy) is 1. The maximum absolute atomic E-state index is 5.59. The second-order valence-corrected chi connectivity index (χ2v) is 8.71. The molecule has 0 amide bonds. The van der Waals surface area contributed by atoms with Gasteiger partial charge in [-0.3, -0.25) is 0 Å². The predicted molar refractivity (Wildman–Crippen MR) is 100 cm³/mol. The average Bonchev–Trinajstić information content (AvgIpc) is 2.85. The lowest BCUT2D eigenvalue weighted by atomic mass is 10.2. The van der Waals surface area contributed by atoms with Crippen LogP contribution in [0, 0.1) is 0 Å². The third-order valence-electron chi connectivity index (χ3n) is 2.85. The molecule has 0 saturated carbocycles. The van der Waals surface area contributed by atoms with Crippen LogP contribution in [0.15, 0.2) is 37.0 Å². The molecule has 1 aromatic heterocycles. The Morgan fingerprint density at radius 2 is 1.86 bits per heavy atom. The highest BCUT2D eigenvalue weighted by molar-refractivity contribution is 9.11. The van der Waals surface area contributed by atoms with Gasteiger partial charge in [0.2, 0.25) is 0 Å². The van der Waals surface area contributed by atoms with E-state index < -0.39 is 0 Å². The normalized spacial score (nSPS) is 10.9. The lowest BCUT2D eigenvalue weighted by molar-refractivity contribution is 0.336. The molecule has 2 aromatic rings. The summed E-state index contributed by atoms with van der Waals surface area (Å²) >= 11 is 12.4. The van der Waals surface area contributed by atoms with Crippen LogP contribution in [0.2, 0.25) is 0 Å². The van der Waals surface area contributed by atoms with Crippen LogP contribution >= 0.6 is 59.1 Å². The van der Waals surface area contributed by atoms with Crippen LogP contribution in [-0.4, -0.2) is 13.2 Å². The maximum Gasteiger partial charge on any atom is 0.147 e. The van der Waals surface area contributed by atoms with E-state index in [0.717, 1.165) is 34.2 Å². The van der Waals surface area contributed by atoms with Crippen molar-refractivity contribution in [1.29, 1.82) is 0 Å². The predicted octanol–water partition coefficient (Wildman–Crippen LogP) is 5.77. The highest BCUT2D eigenvalue weighted by Gasteiger charge is 2.08. The Labute approximate surface area is 154 Å². The van der Waals surface area contributed by atoms with Crippen molar-refractivity contribution in [2.24, 2.45) is 0 Å². The minimum Gasteiger partial charge on any atom is -0.492 e. The van der Waals surface area contributed by atoms with Crippen LogP contribution in [0.5, 0.6) is 5.75 Å². The molecule has 2 rings (SSSR count). The Hall–Kier alpha value is 0.120. The fourth-order valence-electron chi connectivity index (χ4n) is 1.93. The lowest BCUT2D eigenvalue weighted by Crippen LogP contribution is -2.16. The van der Waals surface area contributed by atoms with Gasteiger partial charge in [0, 0.05) is 18.0 Å². The number of thiophene rings is 1. The summed E-state index contributed by atoms with van der Waals surface area (Å²) in [6.45, 7) is 4.45. The molecule has 2 nitrogen and oxygen atoms in total. The summed E-state index contributed by atoms with van der Waals surface area (Å²) in [6, 6.07) is 8.47. The highest BCUT2D eigenvalue weighted by Crippen LogP contribution is 2.34. The third-order valence-corrected chi connectivity index (χ3v) is 5.71. The summed E-state index contributed by atoms with van der Waals surface area (Å²) in [5.41, 5.74) is 1.23. The number of hydrogen-bond acceptors (Lipinski definition) is 3. The van der Waals surface area contributed by atoms with Crippen molar-refractivity contribution < 1.29 is 4.74 Å². The Kier molecular flexibility index (Phi) is 7.22. The molecule has 1 heterocycles. The first kappa shape index (κ1) is 17.5. The molecule has 0 saturated heterocycles. The number of nitrogens with one attached hydrogen (secondary N) is 1. The fourth-order valence-corrected chi connectivity index (χ4v) is 4.92. The molecule has 0 aliphatic heterocycles. The fraction of sp³-hybridized carbons (Fsp3) is 0.333. The molecule has 0 atom stereocenters. The molecular formula is C15H16Br3NOS. The van der Waals surface area contributed by atoms with Crippen molar-refractivity contribution in [2.45, 2.75) is 19.9 Å². The van der Waals surface area contributed by atoms with Gasteiger partial charge in [-0.05, 0) is 91.0 Å². The monoisotopic (exact) mass is 495 g/mol. The molecule has 0 unspecified atom stereocenters. The second kappa shape index (κ2) is 8.67. The van der Waals surface area contributed by atoms with Crippen molar-refractivity contribution in [3.05, 3.63) is 47.4 Å². The Morgan fingerprint density at radius 3 is 2.43 bits per heavy atom. The van der Waals surface area contributed by atoms with Crippen molar-refractivity contribution in [3.8, 4) is 5.75 Å². The number of benzene rings is 1. The largest absolute Gasteiger partial charge is 0.492 e. The topological polar surface area (TPSA) is 21.3 Å². The van der Waals surface area contributed by atoms with E-state index in [4.69, 9.17) is 4.74 Å². The van der Waals surface area contributed by atoms with Crippen LogP contribution in [0.1, 0.15) is 17.4 Å². The van der Waals surface area contributed by atoms with Crippen molar-refractivity contribution in [2.75, 3.05) is 13.2 Å². The molecule has 0 bridgehead atoms. The van der Waals surface area contributed by atoms with E-state index in [1.807, 2.05) is 6.92 Å². The van der Waals surface area contributed by atoms with Gasteiger partial charge < -0.3 is 10.1 Å². The van der Waals surface area contributed by atoms with Crippen LogP contribution < -0.4 is 10.1 Å². The molecular weight excluding hydrogens is 482 g/mol. The van der Waals surface area contributed by atoms with Crippen LogP contribution in [-0.2, 0) is 13.0 Å². The quantitative estimate of drug-likeness (QED) is 0.490. The summed E-state index contributed by atoms with van der Waals surface area (Å²) in [4.78, 5) is 1.39. The molecule has 0 aliphatic rings. The highest BCUT2D eigenvalue weighted by atomic mass is 79.9. The molecule has 114 valence electrons. The first-order valence-corrected chi connectivity index (χ1v) is 9.85. The number of hydrogen-bond donors (Lipinski definition) is 1. The SMILES string of the molecule is CCOc1c(Br)cc(CNCCc2ccc(Br)s2)cc1Br. The molecule has 21 heavy (non-hydrogen) atoms. The van der Waals surface area contributed by atoms with Gasteiger partial charge in [0.05, 0.1) is 19.3 Å². The summed E-state index contributed by atoms with van der Waals surface area (Å²) in [6.07, 6.45) is 1.05. The smallest absolute Gasteiger partial charge is 0.147 e. The van der Waals surface area contributed by atoms with E-state index in [9.17, 15) is 0 Å². The zero-order valence-corrected chi connectivity index (χ0v) is 17.2. The van der Waals surface area contributed by atoms with E-state index in [1.165, 1.54) is 14.2 Å². The summed E-state index contributed by atoms with van der Waals surface area (Å²) in [5.74, 6) is 0.865. The zero-order chi connectivity index (χ0) is 15.2. The molecule has 1 N–H and O–H groups in total. The Balaban J connectivity index is 1.85. The summed E-state index contributed by atoms with van der Waals surface area (Å²) in [5, 5.41) is 3.47. The van der Waals surface area contributed by atoms with E-state index in [1.54, 1.807) is 11.3 Å². The molecule has 6 heteroatoms. The van der Waals surface area contributed by atoms with Gasteiger partial charge in [-0.2, -0.15) is 0 Å². The van der Waals surface area contributed by atoms with Crippen LogP contribution in [0.25, 0.3) is 0 Å². The standard InChI is InChI=1S/C15H16Br3NOS/c1-2-20-15-12(16)7-10(8-13(15)17)9-19-6-5-11-3-4-14(18)21-11/h3-4,7-8,19H,2,5-6,9H2,1H3. The average molecular weight is 498 g/mol. The maximum atomic E-state index is 5.59. The third kappa shape index (κ3) is 5.36. The molecule has 0 radical (unpaired) electrons. The molecule has 0 aliphatic carbocycles. The van der Waals surface area contributed by atoms with Crippen molar-refractivity contribution in [3.63, 3.8) is 0 Å². The minimum atomic E-state index is 0.658. The molecule has 0 spiro atoms. The number of halogens is 3. The van der Waals surface area contributed by atoms with Gasteiger partial charge in [0.15, 0.2) is 0 Å². The van der Waals surface area contributed by atoms with Gasteiger partial charge >= 0.3 is 0 Å². The molecule has 1 aromatic carbocycles. The first-order chi connectivity index (χ1) is 10.1. The van der Waals surface area contributed by atoms with Crippen LogP contribution in [0.4, 0.5) is 0 Å². The van der Waals surface area contributed by atoms with E-state index in [-0.39, 0.29) is 0 Å². The van der Waals surface area contributed by atoms with E-state index in [0.29, 0.717) is 6.61 Å². The van der Waals surface area contributed by atoms with E-state index in [2.05, 4.69) is 77.4 Å². The van der Waals surface area contributed by atoms with Gasteiger partial charge in [0.25, 0.3) is 0 Å². The second-order valence-electron chi connectivity index (χ2n) is 4.45. The van der Waals surface area contributed by atoms with Crippen molar-refractivity contribution in [1.82, 2.24) is 5.32 Å². The van der Waals surface area contributed by atoms with Crippen molar-refractivity contribution >= 4 is 59.1 Å². The first-order valence-electron chi connectivity index (χ1n) is 6.65. The van der Waals surface area contributed by atoms with Crippen LogP contribution in [0.3, 0.4) is 0 Å². The Morgan fingerprint density at radius 1 is 1.14 bits per heavy atom. The van der Waals surface area contributed by atoms with E-state index >= 15 is 0 Å². The van der Waals surface area contributed by atoms with Gasteiger partial charge in [-0.1, -0.05) is 0 Å². The van der Waals surface area contributed by atoms with Gasteiger partial charge in [-0.25, -0.2) is 0 Å². The lowest BCUT2D eigenvalue weighted by Gasteiger charge is -2.11. The summed E-state index contributed by atoms with van der Waals surface area (Å²) < 4.78 is 8.75. The van der Waals surface area contributed by atoms with Gasteiger partial charge in [0.1, 0.15) is 5.75 Å².